The summed E-state index contributed by atoms with van der Waals surface area (Å²) in [6, 6.07) is 12.5. The fourth-order valence-corrected chi connectivity index (χ4v) is 5.13. The van der Waals surface area contributed by atoms with Crippen LogP contribution >= 0.6 is 0 Å². The Bertz CT molecular complexity index is 1140. The number of fused-ring (bicyclic) bond motifs is 1. The molecule has 1 N–H and O–H groups in total. The van der Waals surface area contributed by atoms with Gasteiger partial charge in [-0.2, -0.15) is 0 Å². The highest BCUT2D eigenvalue weighted by molar-refractivity contribution is 7.90. The van der Waals surface area contributed by atoms with Crippen molar-refractivity contribution in [3.63, 3.8) is 0 Å². The lowest BCUT2D eigenvalue weighted by Gasteiger charge is -2.30. The van der Waals surface area contributed by atoms with Crippen LogP contribution in [-0.2, 0) is 26.2 Å². The maximum absolute atomic E-state index is 13.3. The highest BCUT2D eigenvalue weighted by Gasteiger charge is 2.43. The summed E-state index contributed by atoms with van der Waals surface area (Å²) in [4.78, 5) is 40.0. The number of carbonyl (C=O) groups is 3. The molecule has 2 aromatic rings. The van der Waals surface area contributed by atoms with Crippen LogP contribution in [-0.4, -0.2) is 54.5 Å². The maximum Gasteiger partial charge on any atom is 0.269 e. The number of amides is 3. The standard InChI is InChI=1S/C24H29N3O5S/c1-4-5-14-25-23(29)18(3)26(15-19-12-10-17(2)11-13-19)22(28)16-27-24(30)20-8-6-7-9-21(20)33(27,31)32/h6-13,18H,4-5,14-16H2,1-3H3,(H,25,29)/t18-/m0/s1. The van der Waals surface area contributed by atoms with Crippen LogP contribution in [0, 0.1) is 6.92 Å². The van der Waals surface area contributed by atoms with Gasteiger partial charge in [0.2, 0.25) is 11.8 Å². The molecule has 3 rings (SSSR count). The van der Waals surface area contributed by atoms with E-state index in [-0.39, 0.29) is 22.9 Å². The van der Waals surface area contributed by atoms with Gasteiger partial charge in [0.25, 0.3) is 15.9 Å². The van der Waals surface area contributed by atoms with Gasteiger partial charge in [0, 0.05) is 13.1 Å². The molecular weight excluding hydrogens is 442 g/mol. The highest BCUT2D eigenvalue weighted by atomic mass is 32.2. The van der Waals surface area contributed by atoms with E-state index in [1.807, 2.05) is 38.1 Å². The number of nitrogens with one attached hydrogen (secondary N) is 1. The number of nitrogens with zero attached hydrogens (tertiary/aromatic N) is 2. The van der Waals surface area contributed by atoms with E-state index in [2.05, 4.69) is 5.32 Å². The van der Waals surface area contributed by atoms with Crippen LogP contribution in [0.25, 0.3) is 0 Å². The molecule has 33 heavy (non-hydrogen) atoms. The third-order valence-electron chi connectivity index (χ3n) is 5.66. The Labute approximate surface area is 194 Å². The number of carbonyl (C=O) groups excluding carboxylic acids is 3. The molecule has 1 heterocycles. The monoisotopic (exact) mass is 471 g/mol. The SMILES string of the molecule is CCCCNC(=O)[C@H](C)N(Cc1ccc(C)cc1)C(=O)CN1C(=O)c2ccccc2S1(=O)=O. The van der Waals surface area contributed by atoms with E-state index in [0.29, 0.717) is 10.8 Å². The molecule has 176 valence electrons. The summed E-state index contributed by atoms with van der Waals surface area (Å²) >= 11 is 0. The second-order valence-electron chi connectivity index (χ2n) is 8.14. The topological polar surface area (TPSA) is 104 Å². The smallest absolute Gasteiger partial charge is 0.269 e. The van der Waals surface area contributed by atoms with Gasteiger partial charge >= 0.3 is 0 Å². The molecule has 1 atom stereocenters. The lowest BCUT2D eigenvalue weighted by Crippen LogP contribution is -2.51. The first-order valence-electron chi connectivity index (χ1n) is 11.0. The summed E-state index contributed by atoms with van der Waals surface area (Å²) in [5.74, 6) is -1.70. The summed E-state index contributed by atoms with van der Waals surface area (Å²) < 4.78 is 26.4. The van der Waals surface area contributed by atoms with Crippen molar-refractivity contribution < 1.29 is 22.8 Å². The lowest BCUT2D eigenvalue weighted by atomic mass is 10.1. The Morgan fingerprint density at radius 2 is 1.76 bits per heavy atom. The summed E-state index contributed by atoms with van der Waals surface area (Å²) in [6.07, 6.45) is 1.72. The number of hydrogen-bond acceptors (Lipinski definition) is 5. The highest BCUT2D eigenvalue weighted by Crippen LogP contribution is 2.30. The van der Waals surface area contributed by atoms with E-state index in [9.17, 15) is 22.8 Å². The van der Waals surface area contributed by atoms with Gasteiger partial charge in [-0.3, -0.25) is 14.4 Å². The molecule has 8 nitrogen and oxygen atoms in total. The molecule has 1 aliphatic heterocycles. The maximum atomic E-state index is 13.3. The predicted octanol–water partition coefficient (Wildman–Crippen LogP) is 2.47. The Morgan fingerprint density at radius 1 is 1.09 bits per heavy atom. The second kappa shape index (κ2) is 10.2. The molecule has 0 aliphatic carbocycles. The number of sulfonamides is 1. The summed E-state index contributed by atoms with van der Waals surface area (Å²) in [6.45, 7) is 5.47. The molecule has 2 aromatic carbocycles. The molecular formula is C24H29N3O5S. The van der Waals surface area contributed by atoms with E-state index in [4.69, 9.17) is 0 Å². The van der Waals surface area contributed by atoms with Gasteiger partial charge in [-0.15, -0.1) is 0 Å². The van der Waals surface area contributed by atoms with Crippen molar-refractivity contribution in [2.24, 2.45) is 0 Å². The molecule has 0 unspecified atom stereocenters. The Hall–Kier alpha value is -3.20. The minimum Gasteiger partial charge on any atom is -0.354 e. The number of rotatable bonds is 9. The predicted molar refractivity (Wildman–Crippen MR) is 124 cm³/mol. The van der Waals surface area contributed by atoms with Crippen molar-refractivity contribution in [3.8, 4) is 0 Å². The van der Waals surface area contributed by atoms with Crippen molar-refractivity contribution >= 4 is 27.7 Å². The quantitative estimate of drug-likeness (QED) is 0.566. The summed E-state index contributed by atoms with van der Waals surface area (Å²) in [7, 11) is -4.13. The first kappa shape index (κ1) is 24.4. The van der Waals surface area contributed by atoms with E-state index in [1.165, 1.54) is 23.1 Å². The van der Waals surface area contributed by atoms with E-state index >= 15 is 0 Å². The van der Waals surface area contributed by atoms with Gasteiger partial charge in [-0.25, -0.2) is 12.7 Å². The Morgan fingerprint density at radius 3 is 2.39 bits per heavy atom. The van der Waals surface area contributed by atoms with Crippen LogP contribution in [0.3, 0.4) is 0 Å². The lowest BCUT2D eigenvalue weighted by molar-refractivity contribution is -0.140. The fourth-order valence-electron chi connectivity index (χ4n) is 3.61. The molecule has 1 aliphatic rings. The number of hydrogen-bond donors (Lipinski definition) is 1. The molecule has 0 saturated heterocycles. The van der Waals surface area contributed by atoms with Crippen molar-refractivity contribution in [1.82, 2.24) is 14.5 Å². The minimum absolute atomic E-state index is 0.0424. The molecule has 0 fully saturated rings. The molecule has 3 amide bonds. The molecule has 0 bridgehead atoms. The van der Waals surface area contributed by atoms with Crippen LogP contribution in [0.1, 0.15) is 48.2 Å². The zero-order valence-corrected chi connectivity index (χ0v) is 19.9. The second-order valence-corrected chi connectivity index (χ2v) is 9.97. The number of benzene rings is 2. The molecule has 0 aromatic heterocycles. The largest absolute Gasteiger partial charge is 0.354 e. The van der Waals surface area contributed by atoms with Crippen LogP contribution < -0.4 is 5.32 Å². The first-order valence-corrected chi connectivity index (χ1v) is 12.4. The fraction of sp³-hybridized carbons (Fsp3) is 0.375. The van der Waals surface area contributed by atoms with Crippen LogP contribution in [0.15, 0.2) is 53.4 Å². The van der Waals surface area contributed by atoms with E-state index in [1.54, 1.807) is 13.0 Å². The van der Waals surface area contributed by atoms with Crippen molar-refractivity contribution in [2.45, 2.75) is 51.1 Å². The molecule has 9 heteroatoms. The van der Waals surface area contributed by atoms with Crippen LogP contribution in [0.2, 0.25) is 0 Å². The summed E-state index contributed by atoms with van der Waals surface area (Å²) in [5, 5.41) is 2.81. The van der Waals surface area contributed by atoms with Crippen LogP contribution in [0.4, 0.5) is 0 Å². The van der Waals surface area contributed by atoms with Gasteiger partial charge in [0.05, 0.1) is 5.56 Å². The van der Waals surface area contributed by atoms with Gasteiger partial charge in [-0.1, -0.05) is 55.3 Å². The van der Waals surface area contributed by atoms with E-state index in [0.717, 1.165) is 24.0 Å². The van der Waals surface area contributed by atoms with Gasteiger partial charge in [0.15, 0.2) is 0 Å². The average Bonchev–Trinajstić information content (AvgIpc) is 2.99. The molecule has 0 spiro atoms. The first-order chi connectivity index (χ1) is 15.7. The van der Waals surface area contributed by atoms with E-state index < -0.39 is 34.4 Å². The molecule has 0 saturated carbocycles. The zero-order chi connectivity index (χ0) is 24.2. The third-order valence-corrected chi connectivity index (χ3v) is 7.45. The van der Waals surface area contributed by atoms with Crippen LogP contribution in [0.5, 0.6) is 0 Å². The average molecular weight is 472 g/mol. The minimum atomic E-state index is -4.13. The Kier molecular flexibility index (Phi) is 7.53. The number of unbranched alkanes of at least 4 members (excludes halogenated alkanes) is 1. The van der Waals surface area contributed by atoms with Crippen molar-refractivity contribution in [3.05, 3.63) is 65.2 Å². The Balaban J connectivity index is 1.85. The third kappa shape index (κ3) is 5.24. The summed E-state index contributed by atoms with van der Waals surface area (Å²) in [5.41, 5.74) is 1.88. The molecule has 0 radical (unpaired) electrons. The number of aryl methyl sites for hydroxylation is 1. The van der Waals surface area contributed by atoms with Gasteiger partial charge < -0.3 is 10.2 Å². The zero-order valence-electron chi connectivity index (χ0n) is 19.1. The van der Waals surface area contributed by atoms with Gasteiger partial charge in [0.1, 0.15) is 17.5 Å². The normalized spacial score (nSPS) is 15.1. The van der Waals surface area contributed by atoms with Gasteiger partial charge in [-0.05, 0) is 38.0 Å². The van der Waals surface area contributed by atoms with Crippen molar-refractivity contribution in [2.75, 3.05) is 13.1 Å². The van der Waals surface area contributed by atoms with Crippen molar-refractivity contribution in [1.29, 1.82) is 0 Å².